The number of carbonyl (C=O) groups is 1. The fraction of sp³-hybridized carbons (Fsp3) is 0.462. The van der Waals surface area contributed by atoms with Gasteiger partial charge in [0.15, 0.2) is 0 Å². The monoisotopic (exact) mass is 252 g/mol. The van der Waals surface area contributed by atoms with Gasteiger partial charge in [-0.2, -0.15) is 0 Å². The van der Waals surface area contributed by atoms with Crippen LogP contribution in [0.15, 0.2) is 18.2 Å². The van der Waals surface area contributed by atoms with Crippen molar-refractivity contribution in [1.82, 2.24) is 5.32 Å². The molecule has 0 aliphatic carbocycles. The van der Waals surface area contributed by atoms with Gasteiger partial charge in [-0.1, -0.05) is 0 Å². The van der Waals surface area contributed by atoms with E-state index in [0.29, 0.717) is 17.7 Å². The number of rotatable bonds is 4. The van der Waals surface area contributed by atoms with E-state index in [1.165, 1.54) is 18.2 Å². The summed E-state index contributed by atoms with van der Waals surface area (Å²) in [6.07, 6.45) is 1.05. The highest BCUT2D eigenvalue weighted by Gasteiger charge is 2.23. The zero-order valence-corrected chi connectivity index (χ0v) is 10.3. The molecule has 2 rings (SSSR count). The number of nitrogens with two attached hydrogens (primary N) is 1. The van der Waals surface area contributed by atoms with Crippen molar-refractivity contribution in [3.05, 3.63) is 35.1 Å². The smallest absolute Gasteiger partial charge is 0.248 e. The van der Waals surface area contributed by atoms with Gasteiger partial charge in [-0.3, -0.25) is 4.79 Å². The van der Waals surface area contributed by atoms with Gasteiger partial charge in [-0.05, 0) is 31.5 Å². The molecule has 4 nitrogen and oxygen atoms in total. The van der Waals surface area contributed by atoms with E-state index in [-0.39, 0.29) is 18.0 Å². The first kappa shape index (κ1) is 13.0. The molecule has 2 atom stereocenters. The number of hydrogen-bond donors (Lipinski definition) is 2. The van der Waals surface area contributed by atoms with Crippen molar-refractivity contribution in [1.29, 1.82) is 0 Å². The number of amides is 1. The van der Waals surface area contributed by atoms with Crippen molar-refractivity contribution < 1.29 is 13.9 Å². The maximum atomic E-state index is 13.6. The summed E-state index contributed by atoms with van der Waals surface area (Å²) < 4.78 is 19.0. The Morgan fingerprint density at radius 1 is 1.61 bits per heavy atom. The number of ether oxygens (including phenoxy) is 1. The van der Waals surface area contributed by atoms with E-state index in [2.05, 4.69) is 5.32 Å². The normalized spacial score (nSPS) is 23.2. The minimum atomic E-state index is -0.547. The van der Waals surface area contributed by atoms with Crippen molar-refractivity contribution in [3.63, 3.8) is 0 Å². The lowest BCUT2D eigenvalue weighted by Gasteiger charge is -2.16. The van der Waals surface area contributed by atoms with Gasteiger partial charge in [0.1, 0.15) is 5.82 Å². The first-order chi connectivity index (χ1) is 8.58. The zero-order valence-electron chi connectivity index (χ0n) is 10.3. The van der Waals surface area contributed by atoms with Crippen LogP contribution in [0.5, 0.6) is 0 Å². The zero-order chi connectivity index (χ0) is 13.1. The van der Waals surface area contributed by atoms with Crippen LogP contribution >= 0.6 is 0 Å². The van der Waals surface area contributed by atoms with Crippen LogP contribution < -0.4 is 11.1 Å². The van der Waals surface area contributed by atoms with Gasteiger partial charge in [0.05, 0.1) is 6.10 Å². The molecule has 0 aromatic heterocycles. The average molecular weight is 252 g/mol. The summed E-state index contributed by atoms with van der Waals surface area (Å²) in [6.45, 7) is 3.08. The molecular weight excluding hydrogens is 235 g/mol. The Balaban J connectivity index is 2.04. The SMILES string of the molecule is CC1OCCC1NCc1cc(C(N)=O)ccc1F. The molecule has 2 unspecified atom stereocenters. The van der Waals surface area contributed by atoms with Gasteiger partial charge in [-0.25, -0.2) is 4.39 Å². The highest BCUT2D eigenvalue weighted by atomic mass is 19.1. The van der Waals surface area contributed by atoms with Crippen LogP contribution in [0, 0.1) is 5.82 Å². The van der Waals surface area contributed by atoms with Crippen LogP contribution in [0.2, 0.25) is 0 Å². The Morgan fingerprint density at radius 2 is 2.39 bits per heavy atom. The lowest BCUT2D eigenvalue weighted by atomic mass is 10.1. The van der Waals surface area contributed by atoms with Crippen LogP contribution in [0.4, 0.5) is 4.39 Å². The summed E-state index contributed by atoms with van der Waals surface area (Å²) in [5.41, 5.74) is 5.94. The summed E-state index contributed by atoms with van der Waals surface area (Å²) in [6, 6.07) is 4.38. The number of carbonyl (C=O) groups excluding carboxylic acids is 1. The van der Waals surface area contributed by atoms with Crippen molar-refractivity contribution in [3.8, 4) is 0 Å². The van der Waals surface area contributed by atoms with Crippen LogP contribution in [-0.2, 0) is 11.3 Å². The van der Waals surface area contributed by atoms with Gasteiger partial charge in [0.2, 0.25) is 5.91 Å². The summed E-state index contributed by atoms with van der Waals surface area (Å²) in [5.74, 6) is -0.882. The van der Waals surface area contributed by atoms with Gasteiger partial charge < -0.3 is 15.8 Å². The van der Waals surface area contributed by atoms with E-state index >= 15 is 0 Å². The van der Waals surface area contributed by atoms with E-state index in [9.17, 15) is 9.18 Å². The predicted octanol–water partition coefficient (Wildman–Crippen LogP) is 1.19. The molecule has 5 heteroatoms. The van der Waals surface area contributed by atoms with Crippen LogP contribution in [-0.4, -0.2) is 24.7 Å². The van der Waals surface area contributed by atoms with Gasteiger partial charge in [-0.15, -0.1) is 0 Å². The number of halogens is 1. The molecule has 1 aliphatic heterocycles. The topological polar surface area (TPSA) is 64.3 Å². The quantitative estimate of drug-likeness (QED) is 0.846. The molecule has 0 radical (unpaired) electrons. The van der Waals surface area contributed by atoms with Crippen molar-refractivity contribution in [2.24, 2.45) is 5.73 Å². The molecule has 0 bridgehead atoms. The number of nitrogens with one attached hydrogen (secondary N) is 1. The van der Waals surface area contributed by atoms with Crippen molar-refractivity contribution >= 4 is 5.91 Å². The third kappa shape index (κ3) is 2.86. The second-order valence-electron chi connectivity index (χ2n) is 4.52. The van der Waals surface area contributed by atoms with Crippen LogP contribution in [0.1, 0.15) is 29.3 Å². The Hall–Kier alpha value is -1.46. The molecule has 0 saturated carbocycles. The Kier molecular flexibility index (Phi) is 3.93. The maximum absolute atomic E-state index is 13.6. The Bertz CT molecular complexity index is 451. The number of hydrogen-bond acceptors (Lipinski definition) is 3. The molecule has 1 aliphatic rings. The standard InChI is InChI=1S/C13H17FN2O2/c1-8-12(4-5-18-8)16-7-10-6-9(13(15)17)2-3-11(10)14/h2-3,6,8,12,16H,4-5,7H2,1H3,(H2,15,17). The van der Waals surface area contributed by atoms with E-state index < -0.39 is 5.91 Å². The molecule has 1 saturated heterocycles. The van der Waals surface area contributed by atoms with E-state index in [1.807, 2.05) is 6.92 Å². The lowest BCUT2D eigenvalue weighted by molar-refractivity contribution is 0.1000. The highest BCUT2D eigenvalue weighted by molar-refractivity contribution is 5.92. The minimum absolute atomic E-state index is 0.132. The Morgan fingerprint density at radius 3 is 3.00 bits per heavy atom. The molecule has 1 aromatic rings. The molecule has 1 fully saturated rings. The summed E-state index contributed by atoms with van der Waals surface area (Å²) in [5, 5.41) is 3.24. The van der Waals surface area contributed by atoms with Crippen molar-refractivity contribution in [2.45, 2.75) is 32.0 Å². The molecule has 98 valence electrons. The average Bonchev–Trinajstić information content (AvgIpc) is 2.73. The third-order valence-corrected chi connectivity index (χ3v) is 3.26. The molecule has 1 heterocycles. The fourth-order valence-corrected chi connectivity index (χ4v) is 2.10. The lowest BCUT2D eigenvalue weighted by Crippen LogP contribution is -2.34. The predicted molar refractivity (Wildman–Crippen MR) is 65.6 cm³/mol. The van der Waals surface area contributed by atoms with E-state index in [4.69, 9.17) is 10.5 Å². The summed E-state index contributed by atoms with van der Waals surface area (Å²) >= 11 is 0. The molecule has 1 amide bonds. The fourth-order valence-electron chi connectivity index (χ4n) is 2.10. The highest BCUT2D eigenvalue weighted by Crippen LogP contribution is 2.15. The van der Waals surface area contributed by atoms with Gasteiger partial charge in [0, 0.05) is 30.3 Å². The Labute approximate surface area is 105 Å². The first-order valence-electron chi connectivity index (χ1n) is 6.01. The largest absolute Gasteiger partial charge is 0.377 e. The molecule has 0 spiro atoms. The number of benzene rings is 1. The van der Waals surface area contributed by atoms with Crippen LogP contribution in [0.3, 0.4) is 0 Å². The first-order valence-corrected chi connectivity index (χ1v) is 6.01. The minimum Gasteiger partial charge on any atom is -0.377 e. The maximum Gasteiger partial charge on any atom is 0.248 e. The van der Waals surface area contributed by atoms with Gasteiger partial charge in [0.25, 0.3) is 0 Å². The summed E-state index contributed by atoms with van der Waals surface area (Å²) in [7, 11) is 0. The summed E-state index contributed by atoms with van der Waals surface area (Å²) in [4.78, 5) is 11.0. The van der Waals surface area contributed by atoms with E-state index in [0.717, 1.165) is 13.0 Å². The van der Waals surface area contributed by atoms with Crippen molar-refractivity contribution in [2.75, 3.05) is 6.61 Å². The third-order valence-electron chi connectivity index (χ3n) is 3.26. The molecule has 3 N–H and O–H groups in total. The molecular formula is C13H17FN2O2. The van der Waals surface area contributed by atoms with Gasteiger partial charge >= 0.3 is 0 Å². The second kappa shape index (κ2) is 5.46. The number of primary amides is 1. The second-order valence-corrected chi connectivity index (χ2v) is 4.52. The molecule has 1 aromatic carbocycles. The van der Waals surface area contributed by atoms with Crippen LogP contribution in [0.25, 0.3) is 0 Å². The molecule has 18 heavy (non-hydrogen) atoms. The van der Waals surface area contributed by atoms with E-state index in [1.54, 1.807) is 0 Å².